The highest BCUT2D eigenvalue weighted by atomic mass is 16.5. The molecule has 4 amide bonds. The van der Waals surface area contributed by atoms with Crippen molar-refractivity contribution in [2.45, 2.75) is 50.4 Å². The molecule has 0 aromatic carbocycles. The number of urea groups is 1. The third kappa shape index (κ3) is 2.15. The van der Waals surface area contributed by atoms with Gasteiger partial charge in [0.2, 0.25) is 0 Å². The zero-order valence-corrected chi connectivity index (χ0v) is 11.5. The van der Waals surface area contributed by atoms with E-state index in [9.17, 15) is 14.4 Å². The number of ether oxygens (including phenoxy) is 1. The number of hydrogen-bond donors (Lipinski definition) is 2. The maximum Gasteiger partial charge on any atom is 0.322 e. The predicted molar refractivity (Wildman–Crippen MR) is 68.8 cm³/mol. The molecule has 3 rings (SSSR count). The van der Waals surface area contributed by atoms with E-state index in [0.29, 0.717) is 19.4 Å². The molecule has 3 heterocycles. The summed E-state index contributed by atoms with van der Waals surface area (Å²) in [5, 5.41) is 4.92. The van der Waals surface area contributed by atoms with Crippen LogP contribution in [0.3, 0.4) is 0 Å². The van der Waals surface area contributed by atoms with E-state index in [2.05, 4.69) is 10.6 Å². The maximum atomic E-state index is 12.4. The van der Waals surface area contributed by atoms with Crippen LogP contribution < -0.4 is 10.6 Å². The first-order valence-electron chi connectivity index (χ1n) is 7.08. The molecule has 110 valence electrons. The van der Waals surface area contributed by atoms with Crippen molar-refractivity contribution in [1.82, 2.24) is 15.5 Å². The first-order chi connectivity index (χ1) is 9.50. The van der Waals surface area contributed by atoms with Crippen LogP contribution in [0.25, 0.3) is 0 Å². The number of nitrogens with zero attached hydrogens (tertiary/aromatic N) is 1. The Bertz CT molecular complexity index is 467. The van der Waals surface area contributed by atoms with Gasteiger partial charge in [0, 0.05) is 6.54 Å². The molecule has 0 radical (unpaired) electrons. The summed E-state index contributed by atoms with van der Waals surface area (Å²) in [5.74, 6) is -0.400. The quantitative estimate of drug-likeness (QED) is 0.649. The molecule has 7 heteroatoms. The normalized spacial score (nSPS) is 37.1. The van der Waals surface area contributed by atoms with Crippen LogP contribution in [0.2, 0.25) is 0 Å². The Morgan fingerprint density at radius 2 is 2.20 bits per heavy atom. The Hall–Kier alpha value is -1.63. The van der Waals surface area contributed by atoms with Crippen LogP contribution >= 0.6 is 0 Å². The van der Waals surface area contributed by atoms with Crippen LogP contribution in [0.5, 0.6) is 0 Å². The minimum atomic E-state index is -0.949. The van der Waals surface area contributed by atoms with E-state index in [-0.39, 0.29) is 24.5 Å². The fraction of sp³-hybridized carbons (Fsp3) is 0.769. The topological polar surface area (TPSA) is 87.7 Å². The predicted octanol–water partition coefficient (Wildman–Crippen LogP) is -0.245. The third-order valence-corrected chi connectivity index (χ3v) is 4.33. The number of nitrogens with one attached hydrogen (secondary N) is 2. The standard InChI is InChI=1S/C13H19N3O4/c1-8-3-4-9(20-8)10(17)16-6-2-5-13(7-16)11(18)14-12(19)15-13/h8-9H,2-7H2,1H3,(H2,14,15,18,19). The van der Waals surface area contributed by atoms with Crippen molar-refractivity contribution >= 4 is 17.8 Å². The van der Waals surface area contributed by atoms with Gasteiger partial charge in [0.25, 0.3) is 11.8 Å². The minimum Gasteiger partial charge on any atom is -0.365 e. The Morgan fingerprint density at radius 3 is 2.80 bits per heavy atom. The summed E-state index contributed by atoms with van der Waals surface area (Å²) in [7, 11) is 0. The van der Waals surface area contributed by atoms with Crippen LogP contribution in [0.1, 0.15) is 32.6 Å². The van der Waals surface area contributed by atoms with Crippen LogP contribution in [0.15, 0.2) is 0 Å². The molecule has 3 atom stereocenters. The second-order valence-electron chi connectivity index (χ2n) is 5.87. The Kier molecular flexibility index (Phi) is 3.16. The molecule has 3 aliphatic heterocycles. The first-order valence-corrected chi connectivity index (χ1v) is 7.08. The average Bonchev–Trinajstić information content (AvgIpc) is 2.94. The van der Waals surface area contributed by atoms with Crippen LogP contribution in [-0.2, 0) is 14.3 Å². The number of carbonyl (C=O) groups excluding carboxylic acids is 3. The lowest BCUT2D eigenvalue weighted by Crippen LogP contribution is -2.60. The number of rotatable bonds is 1. The summed E-state index contributed by atoms with van der Waals surface area (Å²) in [6.07, 6.45) is 2.57. The van der Waals surface area contributed by atoms with Crippen molar-refractivity contribution in [3.63, 3.8) is 0 Å². The summed E-state index contributed by atoms with van der Waals surface area (Å²) in [6.45, 7) is 2.80. The molecule has 7 nitrogen and oxygen atoms in total. The van der Waals surface area contributed by atoms with Gasteiger partial charge in [0.15, 0.2) is 0 Å². The van der Waals surface area contributed by atoms with E-state index in [1.807, 2.05) is 6.92 Å². The number of piperidine rings is 1. The zero-order valence-electron chi connectivity index (χ0n) is 11.5. The van der Waals surface area contributed by atoms with Gasteiger partial charge in [0.05, 0.1) is 12.6 Å². The lowest BCUT2D eigenvalue weighted by molar-refractivity contribution is -0.146. The fourth-order valence-corrected chi connectivity index (χ4v) is 3.25. The van der Waals surface area contributed by atoms with E-state index in [4.69, 9.17) is 4.74 Å². The minimum absolute atomic E-state index is 0.0672. The van der Waals surface area contributed by atoms with Crippen molar-refractivity contribution in [1.29, 1.82) is 0 Å². The second-order valence-corrected chi connectivity index (χ2v) is 5.87. The Morgan fingerprint density at radius 1 is 1.40 bits per heavy atom. The van der Waals surface area contributed by atoms with Crippen molar-refractivity contribution in [2.24, 2.45) is 0 Å². The first kappa shape index (κ1) is 13.4. The van der Waals surface area contributed by atoms with Gasteiger partial charge in [-0.2, -0.15) is 0 Å². The summed E-state index contributed by atoms with van der Waals surface area (Å²) in [6, 6.07) is -0.477. The van der Waals surface area contributed by atoms with Gasteiger partial charge in [0.1, 0.15) is 11.6 Å². The molecule has 0 bridgehead atoms. The molecule has 0 aromatic heterocycles. The molecule has 2 N–H and O–H groups in total. The molecular formula is C13H19N3O4. The van der Waals surface area contributed by atoms with E-state index in [0.717, 1.165) is 12.8 Å². The van der Waals surface area contributed by atoms with Gasteiger partial charge < -0.3 is 15.0 Å². The molecule has 20 heavy (non-hydrogen) atoms. The number of imide groups is 1. The van der Waals surface area contributed by atoms with Crippen molar-refractivity contribution in [3.05, 3.63) is 0 Å². The van der Waals surface area contributed by atoms with Gasteiger partial charge in [-0.3, -0.25) is 14.9 Å². The van der Waals surface area contributed by atoms with Crippen molar-refractivity contribution < 1.29 is 19.1 Å². The summed E-state index contributed by atoms with van der Waals surface area (Å²) >= 11 is 0. The van der Waals surface area contributed by atoms with Crippen LogP contribution in [-0.4, -0.2) is 53.6 Å². The van der Waals surface area contributed by atoms with Gasteiger partial charge >= 0.3 is 6.03 Å². The van der Waals surface area contributed by atoms with Gasteiger partial charge in [-0.25, -0.2) is 4.79 Å². The van der Waals surface area contributed by atoms with E-state index in [1.54, 1.807) is 4.90 Å². The number of amides is 4. The molecule has 3 aliphatic rings. The molecule has 1 spiro atoms. The smallest absolute Gasteiger partial charge is 0.322 e. The van der Waals surface area contributed by atoms with Crippen LogP contribution in [0, 0.1) is 0 Å². The highest BCUT2D eigenvalue weighted by molar-refractivity contribution is 6.07. The fourth-order valence-electron chi connectivity index (χ4n) is 3.25. The number of hydrogen-bond acceptors (Lipinski definition) is 4. The lowest BCUT2D eigenvalue weighted by atomic mass is 9.89. The second kappa shape index (κ2) is 4.73. The SMILES string of the molecule is CC1CCC(C(=O)N2CCCC3(C2)NC(=O)NC3=O)O1. The van der Waals surface area contributed by atoms with Crippen molar-refractivity contribution in [3.8, 4) is 0 Å². The van der Waals surface area contributed by atoms with Gasteiger partial charge in [-0.15, -0.1) is 0 Å². The summed E-state index contributed by atoms with van der Waals surface area (Å²) in [5.41, 5.74) is -0.949. The third-order valence-electron chi connectivity index (χ3n) is 4.33. The molecule has 0 saturated carbocycles. The van der Waals surface area contributed by atoms with Gasteiger partial charge in [-0.1, -0.05) is 0 Å². The van der Waals surface area contributed by atoms with E-state index in [1.165, 1.54) is 0 Å². The molecule has 3 saturated heterocycles. The number of carbonyl (C=O) groups is 3. The van der Waals surface area contributed by atoms with E-state index < -0.39 is 17.7 Å². The Labute approximate surface area is 117 Å². The molecule has 3 fully saturated rings. The zero-order chi connectivity index (χ0) is 14.3. The summed E-state index contributed by atoms with van der Waals surface area (Å²) in [4.78, 5) is 37.4. The molecule has 0 aromatic rings. The average molecular weight is 281 g/mol. The molecular weight excluding hydrogens is 262 g/mol. The summed E-state index contributed by atoms with van der Waals surface area (Å²) < 4.78 is 5.60. The van der Waals surface area contributed by atoms with E-state index >= 15 is 0 Å². The monoisotopic (exact) mass is 281 g/mol. The molecule has 3 unspecified atom stereocenters. The highest BCUT2D eigenvalue weighted by Gasteiger charge is 2.50. The van der Waals surface area contributed by atoms with Crippen molar-refractivity contribution in [2.75, 3.05) is 13.1 Å². The molecule has 0 aliphatic carbocycles. The maximum absolute atomic E-state index is 12.4. The Balaban J connectivity index is 1.71. The largest absolute Gasteiger partial charge is 0.365 e. The highest BCUT2D eigenvalue weighted by Crippen LogP contribution is 2.27. The lowest BCUT2D eigenvalue weighted by Gasteiger charge is -2.38. The van der Waals surface area contributed by atoms with Crippen LogP contribution in [0.4, 0.5) is 4.79 Å². The number of likely N-dealkylation sites (tertiary alicyclic amines) is 1. The van der Waals surface area contributed by atoms with Gasteiger partial charge in [-0.05, 0) is 32.6 Å².